The molecule has 0 amide bonds. The van der Waals surface area contributed by atoms with Gasteiger partial charge in [-0.1, -0.05) is 18.2 Å². The Bertz CT molecular complexity index is 347. The number of benzene rings is 1. The number of methoxy groups -OCH3 is 2. The topological polar surface area (TPSA) is 38.7 Å². The van der Waals surface area contributed by atoms with Gasteiger partial charge in [0.25, 0.3) is 0 Å². The summed E-state index contributed by atoms with van der Waals surface area (Å²) in [7, 11) is 3.15. The van der Waals surface area contributed by atoms with E-state index in [0.717, 1.165) is 12.0 Å². The molecule has 0 aromatic heterocycles. The van der Waals surface area contributed by atoms with Crippen LogP contribution in [0.1, 0.15) is 24.5 Å². The zero-order valence-corrected chi connectivity index (χ0v) is 9.77. The molecule has 0 aliphatic carbocycles. The molecule has 1 rings (SSSR count). The number of rotatable bonds is 6. The highest BCUT2D eigenvalue weighted by Crippen LogP contribution is 2.35. The van der Waals surface area contributed by atoms with E-state index in [1.165, 1.54) is 0 Å². The lowest BCUT2D eigenvalue weighted by atomic mass is 10.0. The number of allylic oxidation sites excluding steroid dienone is 1. The quantitative estimate of drug-likeness (QED) is 0.752. The molecule has 0 bridgehead atoms. The lowest BCUT2D eigenvalue weighted by Gasteiger charge is -2.16. The summed E-state index contributed by atoms with van der Waals surface area (Å²) in [5.41, 5.74) is 0.753. The van der Waals surface area contributed by atoms with E-state index in [4.69, 9.17) is 9.47 Å². The molecule has 1 atom stereocenters. The minimum atomic E-state index is -0.553. The zero-order valence-electron chi connectivity index (χ0n) is 9.77. The van der Waals surface area contributed by atoms with Crippen LogP contribution in [0.4, 0.5) is 0 Å². The van der Waals surface area contributed by atoms with E-state index in [9.17, 15) is 5.11 Å². The Morgan fingerprint density at radius 3 is 2.69 bits per heavy atom. The Kier molecular flexibility index (Phi) is 4.86. The molecule has 1 N–H and O–H groups in total. The number of hydrogen-bond donors (Lipinski definition) is 1. The fourth-order valence-corrected chi connectivity index (χ4v) is 1.61. The lowest BCUT2D eigenvalue weighted by molar-refractivity contribution is 0.163. The van der Waals surface area contributed by atoms with Gasteiger partial charge in [0.2, 0.25) is 0 Å². The Balaban J connectivity index is 2.97. The Labute approximate surface area is 96.3 Å². The maximum Gasteiger partial charge on any atom is 0.166 e. The molecule has 0 saturated heterocycles. The average Bonchev–Trinajstić information content (AvgIpc) is 2.34. The SMILES string of the molecule is C=CCCC(O)c1cccc(OC)c1OC. The molecule has 1 aromatic rings. The van der Waals surface area contributed by atoms with Crippen LogP contribution in [-0.4, -0.2) is 19.3 Å². The summed E-state index contributed by atoms with van der Waals surface area (Å²) in [6.07, 6.45) is 2.63. The summed E-state index contributed by atoms with van der Waals surface area (Å²) in [6.45, 7) is 3.64. The van der Waals surface area contributed by atoms with Gasteiger partial charge in [0.1, 0.15) is 0 Å². The van der Waals surface area contributed by atoms with Crippen molar-refractivity contribution in [2.45, 2.75) is 18.9 Å². The first-order valence-corrected chi connectivity index (χ1v) is 5.24. The third-order valence-corrected chi connectivity index (χ3v) is 2.44. The standard InChI is InChI=1S/C13H18O3/c1-4-5-8-11(14)10-7-6-9-12(15-2)13(10)16-3/h4,6-7,9,11,14H,1,5,8H2,2-3H3. The first-order valence-electron chi connectivity index (χ1n) is 5.24. The lowest BCUT2D eigenvalue weighted by Crippen LogP contribution is -2.02. The molecule has 88 valence electrons. The van der Waals surface area contributed by atoms with Crippen LogP contribution >= 0.6 is 0 Å². The minimum absolute atomic E-state index is 0.553. The molecule has 0 aliphatic rings. The molecule has 16 heavy (non-hydrogen) atoms. The monoisotopic (exact) mass is 222 g/mol. The molecule has 0 aliphatic heterocycles. The van der Waals surface area contributed by atoms with Crippen molar-refractivity contribution in [1.29, 1.82) is 0 Å². The third-order valence-electron chi connectivity index (χ3n) is 2.44. The highest BCUT2D eigenvalue weighted by Gasteiger charge is 2.15. The molecule has 0 heterocycles. The van der Waals surface area contributed by atoms with Crippen LogP contribution in [0.2, 0.25) is 0 Å². The van der Waals surface area contributed by atoms with Crippen molar-refractivity contribution in [3.05, 3.63) is 36.4 Å². The fourth-order valence-electron chi connectivity index (χ4n) is 1.61. The molecule has 0 fully saturated rings. The molecule has 3 nitrogen and oxygen atoms in total. The second-order valence-electron chi connectivity index (χ2n) is 3.46. The number of aliphatic hydroxyl groups is 1. The largest absolute Gasteiger partial charge is 0.493 e. The summed E-state index contributed by atoms with van der Waals surface area (Å²) < 4.78 is 10.4. The van der Waals surface area contributed by atoms with Gasteiger partial charge in [0.15, 0.2) is 11.5 Å². The second-order valence-corrected chi connectivity index (χ2v) is 3.46. The van der Waals surface area contributed by atoms with Gasteiger partial charge in [-0.3, -0.25) is 0 Å². The number of para-hydroxylation sites is 1. The van der Waals surface area contributed by atoms with Crippen LogP contribution < -0.4 is 9.47 Å². The van der Waals surface area contributed by atoms with Crippen molar-refractivity contribution in [2.75, 3.05) is 14.2 Å². The van der Waals surface area contributed by atoms with Crippen LogP contribution in [0.5, 0.6) is 11.5 Å². The number of hydrogen-bond acceptors (Lipinski definition) is 3. The fraction of sp³-hybridized carbons (Fsp3) is 0.385. The van der Waals surface area contributed by atoms with Gasteiger partial charge in [-0.15, -0.1) is 6.58 Å². The van der Waals surface area contributed by atoms with Crippen molar-refractivity contribution in [1.82, 2.24) is 0 Å². The first-order chi connectivity index (χ1) is 7.74. The van der Waals surface area contributed by atoms with Crippen LogP contribution in [-0.2, 0) is 0 Å². The van der Waals surface area contributed by atoms with Crippen LogP contribution in [0.3, 0.4) is 0 Å². The minimum Gasteiger partial charge on any atom is -0.493 e. The molecular formula is C13H18O3. The third kappa shape index (κ3) is 2.76. The van der Waals surface area contributed by atoms with E-state index in [-0.39, 0.29) is 0 Å². The summed E-state index contributed by atoms with van der Waals surface area (Å²) in [5.74, 6) is 1.24. The molecule has 1 aromatic carbocycles. The summed E-state index contributed by atoms with van der Waals surface area (Å²) in [6, 6.07) is 5.49. The van der Waals surface area contributed by atoms with E-state index >= 15 is 0 Å². The van der Waals surface area contributed by atoms with Crippen molar-refractivity contribution in [3.8, 4) is 11.5 Å². The predicted octanol–water partition coefficient (Wildman–Crippen LogP) is 2.70. The Morgan fingerprint density at radius 1 is 1.38 bits per heavy atom. The molecule has 0 saturated carbocycles. The van der Waals surface area contributed by atoms with Crippen LogP contribution in [0, 0.1) is 0 Å². The summed E-state index contributed by atoms with van der Waals surface area (Å²) >= 11 is 0. The van der Waals surface area contributed by atoms with Gasteiger partial charge in [-0.25, -0.2) is 0 Å². The zero-order chi connectivity index (χ0) is 12.0. The Hall–Kier alpha value is -1.48. The molecular weight excluding hydrogens is 204 g/mol. The first kappa shape index (κ1) is 12.6. The van der Waals surface area contributed by atoms with E-state index in [2.05, 4.69) is 6.58 Å². The van der Waals surface area contributed by atoms with E-state index < -0.39 is 6.10 Å². The highest BCUT2D eigenvalue weighted by atomic mass is 16.5. The molecule has 0 radical (unpaired) electrons. The van der Waals surface area contributed by atoms with Crippen molar-refractivity contribution in [3.63, 3.8) is 0 Å². The van der Waals surface area contributed by atoms with Crippen molar-refractivity contribution < 1.29 is 14.6 Å². The van der Waals surface area contributed by atoms with Gasteiger partial charge in [0, 0.05) is 5.56 Å². The summed E-state index contributed by atoms with van der Waals surface area (Å²) in [4.78, 5) is 0. The normalized spacial score (nSPS) is 11.9. The van der Waals surface area contributed by atoms with Crippen molar-refractivity contribution >= 4 is 0 Å². The van der Waals surface area contributed by atoms with Gasteiger partial charge < -0.3 is 14.6 Å². The van der Waals surface area contributed by atoms with Crippen LogP contribution in [0.15, 0.2) is 30.9 Å². The van der Waals surface area contributed by atoms with E-state index in [1.54, 1.807) is 20.3 Å². The van der Waals surface area contributed by atoms with E-state index in [1.807, 2.05) is 18.2 Å². The predicted molar refractivity (Wildman–Crippen MR) is 63.9 cm³/mol. The van der Waals surface area contributed by atoms with Gasteiger partial charge >= 0.3 is 0 Å². The summed E-state index contributed by atoms with van der Waals surface area (Å²) in [5, 5.41) is 10.0. The molecule has 3 heteroatoms. The maximum atomic E-state index is 10.0. The number of ether oxygens (including phenoxy) is 2. The van der Waals surface area contributed by atoms with E-state index in [0.29, 0.717) is 17.9 Å². The Morgan fingerprint density at radius 2 is 2.12 bits per heavy atom. The van der Waals surface area contributed by atoms with Gasteiger partial charge in [-0.2, -0.15) is 0 Å². The van der Waals surface area contributed by atoms with Gasteiger partial charge in [0.05, 0.1) is 20.3 Å². The van der Waals surface area contributed by atoms with Crippen molar-refractivity contribution in [2.24, 2.45) is 0 Å². The van der Waals surface area contributed by atoms with Gasteiger partial charge in [-0.05, 0) is 18.9 Å². The molecule has 0 spiro atoms. The number of aliphatic hydroxyl groups excluding tert-OH is 1. The average molecular weight is 222 g/mol. The smallest absolute Gasteiger partial charge is 0.166 e. The molecule has 1 unspecified atom stereocenters. The van der Waals surface area contributed by atoms with Crippen LogP contribution in [0.25, 0.3) is 0 Å². The highest BCUT2D eigenvalue weighted by molar-refractivity contribution is 5.47. The maximum absolute atomic E-state index is 10.0. The second kappa shape index (κ2) is 6.18.